The van der Waals surface area contributed by atoms with Gasteiger partial charge in [0.2, 0.25) is 0 Å². The van der Waals surface area contributed by atoms with Gasteiger partial charge in [0.25, 0.3) is 0 Å². The second-order valence-electron chi connectivity index (χ2n) is 8.85. The standard InChI is InChI=1S/C32H33NO4/c1-3-35-32(34)24-33(2)23-22-31(25-14-18-29(19-15-25)36-27-10-6-4-7-11-27)26-16-20-30(21-17-26)37-28-12-8-5-9-13-28/h4-21,31H,3,22-24H2,1-2H3. The molecule has 5 nitrogen and oxygen atoms in total. The molecule has 0 saturated heterocycles. The van der Waals surface area contributed by atoms with Crippen LogP contribution >= 0.6 is 0 Å². The van der Waals surface area contributed by atoms with Crippen molar-refractivity contribution < 1.29 is 19.0 Å². The SMILES string of the molecule is CCOC(=O)CN(C)CCC(c1ccc(Oc2ccccc2)cc1)c1ccc(Oc2ccccc2)cc1. The summed E-state index contributed by atoms with van der Waals surface area (Å²) in [6, 6.07) is 36.0. The molecule has 0 radical (unpaired) electrons. The Labute approximate surface area is 219 Å². The van der Waals surface area contributed by atoms with Crippen molar-refractivity contribution in [1.29, 1.82) is 0 Å². The van der Waals surface area contributed by atoms with Crippen LogP contribution in [-0.2, 0) is 9.53 Å². The minimum Gasteiger partial charge on any atom is -0.465 e. The van der Waals surface area contributed by atoms with Crippen LogP contribution in [0.1, 0.15) is 30.4 Å². The topological polar surface area (TPSA) is 48.0 Å². The van der Waals surface area contributed by atoms with E-state index in [9.17, 15) is 4.79 Å². The third-order valence-electron chi connectivity index (χ3n) is 6.03. The third-order valence-corrected chi connectivity index (χ3v) is 6.03. The lowest BCUT2D eigenvalue weighted by Gasteiger charge is -2.22. The molecule has 0 aliphatic heterocycles. The second-order valence-corrected chi connectivity index (χ2v) is 8.85. The minimum atomic E-state index is -0.202. The Morgan fingerprint density at radius 1 is 0.676 bits per heavy atom. The van der Waals surface area contributed by atoms with E-state index in [1.807, 2.05) is 104 Å². The zero-order valence-corrected chi connectivity index (χ0v) is 21.4. The maximum Gasteiger partial charge on any atom is 0.320 e. The Morgan fingerprint density at radius 2 is 1.11 bits per heavy atom. The van der Waals surface area contributed by atoms with Crippen molar-refractivity contribution in [2.45, 2.75) is 19.3 Å². The van der Waals surface area contributed by atoms with Crippen LogP contribution < -0.4 is 9.47 Å². The van der Waals surface area contributed by atoms with Crippen molar-refractivity contribution in [1.82, 2.24) is 4.90 Å². The second kappa shape index (κ2) is 13.3. The lowest BCUT2D eigenvalue weighted by Crippen LogP contribution is -2.29. The number of para-hydroxylation sites is 2. The molecule has 0 fully saturated rings. The molecule has 0 saturated carbocycles. The molecule has 4 aromatic carbocycles. The molecule has 190 valence electrons. The van der Waals surface area contributed by atoms with Crippen LogP contribution in [0.15, 0.2) is 109 Å². The van der Waals surface area contributed by atoms with Crippen LogP contribution in [0.3, 0.4) is 0 Å². The van der Waals surface area contributed by atoms with E-state index in [0.717, 1.165) is 36.0 Å². The van der Waals surface area contributed by atoms with Gasteiger partial charge in [-0.15, -0.1) is 0 Å². The molecule has 0 spiro atoms. The highest BCUT2D eigenvalue weighted by atomic mass is 16.5. The van der Waals surface area contributed by atoms with Gasteiger partial charge in [-0.3, -0.25) is 9.69 Å². The van der Waals surface area contributed by atoms with Crippen molar-refractivity contribution in [3.63, 3.8) is 0 Å². The first-order chi connectivity index (χ1) is 18.1. The van der Waals surface area contributed by atoms with Crippen molar-refractivity contribution >= 4 is 5.97 Å². The number of esters is 1. The molecule has 0 aliphatic carbocycles. The fourth-order valence-electron chi connectivity index (χ4n) is 4.17. The quantitative estimate of drug-likeness (QED) is 0.193. The van der Waals surface area contributed by atoms with Gasteiger partial charge in [-0.1, -0.05) is 60.7 Å². The number of nitrogens with zero attached hydrogens (tertiary/aromatic N) is 1. The molecule has 0 aliphatic rings. The molecule has 4 rings (SSSR count). The van der Waals surface area contributed by atoms with Gasteiger partial charge in [-0.2, -0.15) is 0 Å². The molecule has 0 bridgehead atoms. The number of carbonyl (C=O) groups excluding carboxylic acids is 1. The number of carbonyl (C=O) groups is 1. The van der Waals surface area contributed by atoms with E-state index in [-0.39, 0.29) is 18.4 Å². The first-order valence-corrected chi connectivity index (χ1v) is 12.6. The van der Waals surface area contributed by atoms with E-state index in [4.69, 9.17) is 14.2 Å². The summed E-state index contributed by atoms with van der Waals surface area (Å²) in [6.45, 7) is 3.23. The van der Waals surface area contributed by atoms with Crippen LogP contribution in [0.5, 0.6) is 23.0 Å². The van der Waals surface area contributed by atoms with Gasteiger partial charge in [0.1, 0.15) is 23.0 Å². The Bertz CT molecular complexity index is 1140. The van der Waals surface area contributed by atoms with E-state index in [2.05, 4.69) is 24.3 Å². The summed E-state index contributed by atoms with van der Waals surface area (Å²) in [7, 11) is 1.95. The van der Waals surface area contributed by atoms with Crippen LogP contribution in [-0.4, -0.2) is 37.6 Å². The van der Waals surface area contributed by atoms with Gasteiger partial charge in [0.15, 0.2) is 0 Å². The summed E-state index contributed by atoms with van der Waals surface area (Å²) < 4.78 is 17.1. The number of likely N-dealkylation sites (N-methyl/N-ethyl adjacent to an activating group) is 1. The van der Waals surface area contributed by atoms with Gasteiger partial charge < -0.3 is 14.2 Å². The highest BCUT2D eigenvalue weighted by Gasteiger charge is 2.17. The maximum atomic E-state index is 11.9. The van der Waals surface area contributed by atoms with Crippen LogP contribution in [0.25, 0.3) is 0 Å². The Balaban J connectivity index is 1.50. The average molecular weight is 496 g/mol. The number of hydrogen-bond acceptors (Lipinski definition) is 5. The predicted octanol–water partition coefficient (Wildman–Crippen LogP) is 7.29. The molecule has 0 atom stereocenters. The lowest BCUT2D eigenvalue weighted by molar-refractivity contribution is -0.144. The van der Waals surface area contributed by atoms with E-state index in [0.29, 0.717) is 6.61 Å². The normalized spacial score (nSPS) is 10.9. The van der Waals surface area contributed by atoms with E-state index < -0.39 is 0 Å². The zero-order valence-electron chi connectivity index (χ0n) is 21.4. The molecule has 4 aromatic rings. The van der Waals surface area contributed by atoms with Crippen LogP contribution in [0.4, 0.5) is 0 Å². The highest BCUT2D eigenvalue weighted by Crippen LogP contribution is 2.32. The zero-order chi connectivity index (χ0) is 25.9. The van der Waals surface area contributed by atoms with Crippen LogP contribution in [0.2, 0.25) is 0 Å². The molecule has 0 heterocycles. The summed E-state index contributed by atoms with van der Waals surface area (Å²) in [5.74, 6) is 3.13. The van der Waals surface area contributed by atoms with Gasteiger partial charge in [0.05, 0.1) is 13.2 Å². The van der Waals surface area contributed by atoms with Crippen molar-refractivity contribution in [2.75, 3.05) is 26.7 Å². The molecule has 37 heavy (non-hydrogen) atoms. The molecule has 0 unspecified atom stereocenters. The average Bonchev–Trinajstić information content (AvgIpc) is 2.92. The summed E-state index contributed by atoms with van der Waals surface area (Å²) >= 11 is 0. The van der Waals surface area contributed by atoms with Gasteiger partial charge >= 0.3 is 5.97 Å². The highest BCUT2D eigenvalue weighted by molar-refractivity contribution is 5.71. The third kappa shape index (κ3) is 7.95. The number of hydrogen-bond donors (Lipinski definition) is 0. The first kappa shape index (κ1) is 26.0. The van der Waals surface area contributed by atoms with Crippen LogP contribution in [0, 0.1) is 0 Å². The number of benzene rings is 4. The fraction of sp³-hybridized carbons (Fsp3) is 0.219. The number of rotatable bonds is 12. The summed E-state index contributed by atoms with van der Waals surface area (Å²) in [5, 5.41) is 0. The van der Waals surface area contributed by atoms with Gasteiger partial charge in [-0.05, 0) is 86.6 Å². The molecule has 5 heteroatoms. The largest absolute Gasteiger partial charge is 0.465 e. The molecular weight excluding hydrogens is 462 g/mol. The monoisotopic (exact) mass is 495 g/mol. The minimum absolute atomic E-state index is 0.140. The molecule has 0 aromatic heterocycles. The summed E-state index contributed by atoms with van der Waals surface area (Å²) in [6.07, 6.45) is 0.841. The smallest absolute Gasteiger partial charge is 0.320 e. The van der Waals surface area contributed by atoms with Crippen molar-refractivity contribution in [3.8, 4) is 23.0 Å². The molecule has 0 amide bonds. The van der Waals surface area contributed by atoms with Crippen molar-refractivity contribution in [3.05, 3.63) is 120 Å². The van der Waals surface area contributed by atoms with Gasteiger partial charge in [0, 0.05) is 5.92 Å². The lowest BCUT2D eigenvalue weighted by atomic mass is 9.88. The summed E-state index contributed by atoms with van der Waals surface area (Å²) in [5.41, 5.74) is 2.36. The van der Waals surface area contributed by atoms with Crippen molar-refractivity contribution in [2.24, 2.45) is 0 Å². The molecular formula is C32H33NO4. The Kier molecular flexibility index (Phi) is 9.33. The summed E-state index contributed by atoms with van der Waals surface area (Å²) in [4.78, 5) is 13.9. The Morgan fingerprint density at radius 3 is 1.54 bits per heavy atom. The van der Waals surface area contributed by atoms with E-state index >= 15 is 0 Å². The number of ether oxygens (including phenoxy) is 3. The van der Waals surface area contributed by atoms with E-state index in [1.165, 1.54) is 11.1 Å². The fourth-order valence-corrected chi connectivity index (χ4v) is 4.17. The first-order valence-electron chi connectivity index (χ1n) is 12.6. The maximum absolute atomic E-state index is 11.9. The molecule has 0 N–H and O–H groups in total. The van der Waals surface area contributed by atoms with E-state index in [1.54, 1.807) is 0 Å². The Hall–Kier alpha value is -4.09. The predicted molar refractivity (Wildman–Crippen MR) is 147 cm³/mol. The van der Waals surface area contributed by atoms with Gasteiger partial charge in [-0.25, -0.2) is 0 Å².